The summed E-state index contributed by atoms with van der Waals surface area (Å²) in [5.74, 6) is 2.62. The lowest BCUT2D eigenvalue weighted by Gasteiger charge is -2.37. The van der Waals surface area contributed by atoms with Crippen molar-refractivity contribution < 1.29 is 20.1 Å². The maximum atomic E-state index is 10.7. The predicted molar refractivity (Wildman–Crippen MR) is 139 cm³/mol. The fourth-order valence-electron chi connectivity index (χ4n) is 3.47. The van der Waals surface area contributed by atoms with E-state index in [1.165, 1.54) is 30.6 Å². The van der Waals surface area contributed by atoms with Crippen molar-refractivity contribution in [3.8, 4) is 17.6 Å². The lowest BCUT2D eigenvalue weighted by Crippen LogP contribution is -2.53. The summed E-state index contributed by atoms with van der Waals surface area (Å²) < 4.78 is 5.46. The quantitative estimate of drug-likeness (QED) is 0.189. The average molecular weight is 495 g/mol. The Kier molecular flexibility index (Phi) is 8.35. The lowest BCUT2D eigenvalue weighted by molar-refractivity contribution is -0.303. The van der Waals surface area contributed by atoms with E-state index in [1.807, 2.05) is 0 Å². The highest BCUT2D eigenvalue weighted by Gasteiger charge is 2.30. The topological polar surface area (TPSA) is 151 Å². The van der Waals surface area contributed by atoms with Crippen LogP contribution in [0.3, 0.4) is 0 Å². The van der Waals surface area contributed by atoms with Crippen LogP contribution in [0.25, 0.3) is 5.57 Å². The summed E-state index contributed by atoms with van der Waals surface area (Å²) in [6.07, 6.45) is 4.34. The largest absolute Gasteiger partial charge is 0.432 e. The lowest BCUT2D eigenvalue weighted by atomic mass is 10.1. The van der Waals surface area contributed by atoms with Crippen LogP contribution < -0.4 is 15.9 Å². The number of hydrazine groups is 1. The van der Waals surface area contributed by atoms with Gasteiger partial charge in [-0.05, 0) is 52.1 Å². The molecule has 1 fully saturated rings. The fourth-order valence-corrected chi connectivity index (χ4v) is 3.47. The second-order valence-electron chi connectivity index (χ2n) is 9.36. The van der Waals surface area contributed by atoms with E-state index in [0.717, 1.165) is 19.6 Å². The Balaban J connectivity index is 1.81. The first-order valence-electron chi connectivity index (χ1n) is 11.6. The maximum Gasteiger partial charge on any atom is 0.351 e. The van der Waals surface area contributed by atoms with Gasteiger partial charge in [-0.1, -0.05) is 17.9 Å². The van der Waals surface area contributed by atoms with Gasteiger partial charge in [0.05, 0.1) is 5.56 Å². The van der Waals surface area contributed by atoms with Crippen molar-refractivity contribution in [3.63, 3.8) is 0 Å². The summed E-state index contributed by atoms with van der Waals surface area (Å²) in [4.78, 5) is 6.38. The van der Waals surface area contributed by atoms with Gasteiger partial charge in [-0.25, -0.2) is 9.99 Å². The van der Waals surface area contributed by atoms with E-state index in [2.05, 4.69) is 46.1 Å². The molecule has 2 aromatic rings. The third-order valence-electron chi connectivity index (χ3n) is 5.74. The van der Waals surface area contributed by atoms with Crippen LogP contribution in [-0.2, 0) is 5.97 Å². The first-order chi connectivity index (χ1) is 16.9. The Hall–Kier alpha value is -3.46. The number of rotatable bonds is 7. The highest BCUT2D eigenvalue weighted by atomic mass is 16.8. The van der Waals surface area contributed by atoms with Crippen molar-refractivity contribution >= 4 is 17.6 Å². The van der Waals surface area contributed by atoms with Gasteiger partial charge in [-0.2, -0.15) is 0 Å². The van der Waals surface area contributed by atoms with Crippen LogP contribution in [0.4, 0.5) is 5.82 Å². The Labute approximate surface area is 211 Å². The Morgan fingerprint density at radius 3 is 2.69 bits per heavy atom. The molecule has 1 unspecified atom stereocenters. The number of likely N-dealkylation sites (N-methyl/N-ethyl adjacent to an activating group) is 1. The molecule has 10 nitrogen and oxygen atoms in total. The van der Waals surface area contributed by atoms with Crippen molar-refractivity contribution in [1.82, 2.24) is 20.3 Å². The number of hydrogen-bond donors (Lipinski definition) is 6. The van der Waals surface area contributed by atoms with Crippen LogP contribution in [-0.4, -0.2) is 74.8 Å². The van der Waals surface area contributed by atoms with E-state index >= 15 is 0 Å². The number of nitrogens with one attached hydrogen (secondary N) is 2. The molecule has 10 heteroatoms. The summed E-state index contributed by atoms with van der Waals surface area (Å²) in [6, 6.07) is 8.05. The van der Waals surface area contributed by atoms with E-state index in [4.69, 9.17) is 15.9 Å². The average Bonchev–Trinajstić information content (AvgIpc) is 2.82. The van der Waals surface area contributed by atoms with E-state index in [-0.39, 0.29) is 17.1 Å². The molecule has 3 rings (SSSR count). The molecule has 0 bridgehead atoms. The number of anilines is 1. The molecule has 1 aliphatic rings. The van der Waals surface area contributed by atoms with Gasteiger partial charge in [-0.15, -0.1) is 0 Å². The number of nitrogens with two attached hydrogens (primary N) is 1. The molecular weight excluding hydrogens is 460 g/mol. The van der Waals surface area contributed by atoms with Crippen LogP contribution in [0.1, 0.15) is 37.5 Å². The number of aromatic nitrogens is 1. The molecule has 1 atom stereocenters. The second-order valence-corrected chi connectivity index (χ2v) is 9.36. The number of allylic oxidation sites excluding steroid dienone is 1. The molecule has 192 valence electrons. The standard InChI is InChI=1S/C26H34N6O4/c1-18-17-32(11-10-31(18)4)30-16-21(14-27)20-13-23(24(28)29-15-20)36-26(34,35)22-7-5-6-19(12-22)8-9-25(2,3)33/h5-7,12-16,18,27,30,33-35H,10-11,17H2,1-4H3,(H2,28,29)/b21-16+,27-14?. The molecule has 0 aliphatic carbocycles. The Morgan fingerprint density at radius 2 is 2.03 bits per heavy atom. The number of nitrogen functional groups attached to an aromatic ring is 1. The minimum atomic E-state index is -2.73. The first-order valence-corrected chi connectivity index (χ1v) is 11.6. The third-order valence-corrected chi connectivity index (χ3v) is 5.74. The van der Waals surface area contributed by atoms with E-state index < -0.39 is 11.6 Å². The van der Waals surface area contributed by atoms with Crippen LogP contribution in [0.15, 0.2) is 42.7 Å². The Bertz CT molecular complexity index is 1180. The maximum absolute atomic E-state index is 10.7. The van der Waals surface area contributed by atoms with Crippen LogP contribution in [0.5, 0.6) is 5.75 Å². The number of pyridine rings is 1. The number of hydrogen-bond acceptors (Lipinski definition) is 10. The van der Waals surface area contributed by atoms with Gasteiger partial charge in [-0.3, -0.25) is 0 Å². The number of ether oxygens (including phenoxy) is 1. The molecule has 1 aromatic heterocycles. The second kappa shape index (κ2) is 11.1. The molecule has 1 aromatic carbocycles. The van der Waals surface area contributed by atoms with Crippen LogP contribution in [0, 0.1) is 17.3 Å². The molecule has 0 amide bonds. The SMILES string of the molecule is CC1CN(N/C=C(\C=N)c2cnc(N)c(OC(O)(O)c3cccc(C#CC(C)(C)O)c3)c2)CCN1C. The molecule has 1 aliphatic heterocycles. The molecule has 36 heavy (non-hydrogen) atoms. The van der Waals surface area contributed by atoms with Crippen molar-refractivity contribution in [2.24, 2.45) is 0 Å². The zero-order valence-corrected chi connectivity index (χ0v) is 21.0. The first kappa shape index (κ1) is 27.1. The summed E-state index contributed by atoms with van der Waals surface area (Å²) in [7, 11) is 2.09. The fraction of sp³-hybridized carbons (Fsp3) is 0.385. The summed E-state index contributed by atoms with van der Waals surface area (Å²) in [5, 5.41) is 41.1. The van der Waals surface area contributed by atoms with Gasteiger partial charge in [0, 0.05) is 61.0 Å². The Morgan fingerprint density at radius 1 is 1.28 bits per heavy atom. The molecule has 0 saturated carbocycles. The van der Waals surface area contributed by atoms with E-state index in [1.54, 1.807) is 32.2 Å². The summed E-state index contributed by atoms with van der Waals surface area (Å²) >= 11 is 0. The smallest absolute Gasteiger partial charge is 0.351 e. The van der Waals surface area contributed by atoms with Crippen molar-refractivity contribution in [2.45, 2.75) is 38.4 Å². The molecule has 2 heterocycles. The molecule has 1 saturated heterocycles. The highest BCUT2D eigenvalue weighted by Crippen LogP contribution is 2.30. The van der Waals surface area contributed by atoms with Gasteiger partial charge in [0.25, 0.3) is 0 Å². The van der Waals surface area contributed by atoms with Crippen LogP contribution >= 0.6 is 0 Å². The zero-order valence-electron chi connectivity index (χ0n) is 21.0. The number of aliphatic hydroxyl groups is 3. The van der Waals surface area contributed by atoms with Gasteiger partial charge < -0.3 is 41.5 Å². The van der Waals surface area contributed by atoms with Gasteiger partial charge in [0.2, 0.25) is 0 Å². The monoisotopic (exact) mass is 494 g/mol. The molecule has 0 radical (unpaired) electrons. The third kappa shape index (κ3) is 7.27. The molecular formula is C26H34N6O4. The van der Waals surface area contributed by atoms with Gasteiger partial charge in [0.15, 0.2) is 11.6 Å². The molecule has 0 spiro atoms. The summed E-state index contributed by atoms with van der Waals surface area (Å²) in [6.45, 7) is 7.82. The van der Waals surface area contributed by atoms with Crippen LogP contribution in [0.2, 0.25) is 0 Å². The predicted octanol–water partition coefficient (Wildman–Crippen LogP) is 1.09. The van der Waals surface area contributed by atoms with Gasteiger partial charge >= 0.3 is 5.97 Å². The number of piperazine rings is 1. The summed E-state index contributed by atoms with van der Waals surface area (Å²) in [5.41, 5.74) is 9.46. The van der Waals surface area contributed by atoms with Gasteiger partial charge in [0.1, 0.15) is 5.60 Å². The van der Waals surface area contributed by atoms with E-state index in [0.29, 0.717) is 22.7 Å². The van der Waals surface area contributed by atoms with E-state index in [9.17, 15) is 15.3 Å². The normalized spacial score (nSPS) is 17.8. The van der Waals surface area contributed by atoms with Crippen molar-refractivity contribution in [1.29, 1.82) is 5.41 Å². The number of benzene rings is 1. The zero-order chi connectivity index (χ0) is 26.5. The van der Waals surface area contributed by atoms with Crippen molar-refractivity contribution in [2.75, 3.05) is 32.4 Å². The molecule has 7 N–H and O–H groups in total. The number of nitrogens with zero attached hydrogens (tertiary/aromatic N) is 3. The highest BCUT2D eigenvalue weighted by molar-refractivity contribution is 6.08. The minimum absolute atomic E-state index is 0.0171. The minimum Gasteiger partial charge on any atom is -0.432 e. The van der Waals surface area contributed by atoms with Crippen molar-refractivity contribution in [3.05, 3.63) is 59.4 Å².